The number of hydrogen-bond donors (Lipinski definition) is 1. The lowest BCUT2D eigenvalue weighted by molar-refractivity contribution is -0.148. The van der Waals surface area contributed by atoms with Crippen LogP contribution in [0.2, 0.25) is 0 Å². The van der Waals surface area contributed by atoms with Gasteiger partial charge in [-0.1, -0.05) is 30.3 Å². The number of amides is 3. The molecule has 0 aliphatic carbocycles. The van der Waals surface area contributed by atoms with Crippen molar-refractivity contribution in [3.05, 3.63) is 35.9 Å². The van der Waals surface area contributed by atoms with E-state index in [-0.39, 0.29) is 36.4 Å². The van der Waals surface area contributed by atoms with Gasteiger partial charge >= 0.3 is 12.0 Å². The van der Waals surface area contributed by atoms with Crippen LogP contribution in [-0.2, 0) is 14.3 Å². The minimum atomic E-state index is -0.449. The Kier molecular flexibility index (Phi) is 7.71. The lowest BCUT2D eigenvalue weighted by Gasteiger charge is -2.35. The zero-order chi connectivity index (χ0) is 21.5. The molecule has 164 valence electrons. The predicted octanol–water partition coefficient (Wildman–Crippen LogP) is 3.11. The first-order chi connectivity index (χ1) is 14.4. The normalized spacial score (nSPS) is 20.2. The Morgan fingerprint density at radius 2 is 1.70 bits per heavy atom. The highest BCUT2D eigenvalue weighted by atomic mass is 16.5. The minimum Gasteiger partial charge on any atom is -0.463 e. The number of urea groups is 1. The number of carbonyl (C=O) groups is 3. The van der Waals surface area contributed by atoms with Gasteiger partial charge in [-0.05, 0) is 45.1 Å². The van der Waals surface area contributed by atoms with Gasteiger partial charge in [0.25, 0.3) is 0 Å². The van der Waals surface area contributed by atoms with Crippen molar-refractivity contribution < 1.29 is 19.1 Å². The maximum absolute atomic E-state index is 13.1. The van der Waals surface area contributed by atoms with Gasteiger partial charge in [-0.2, -0.15) is 0 Å². The van der Waals surface area contributed by atoms with Gasteiger partial charge in [-0.25, -0.2) is 4.79 Å². The summed E-state index contributed by atoms with van der Waals surface area (Å²) in [4.78, 5) is 41.7. The molecule has 1 N–H and O–H groups in total. The van der Waals surface area contributed by atoms with Gasteiger partial charge in [0, 0.05) is 26.2 Å². The predicted molar refractivity (Wildman–Crippen MR) is 114 cm³/mol. The molecule has 30 heavy (non-hydrogen) atoms. The lowest BCUT2D eigenvalue weighted by atomic mass is 9.95. The summed E-state index contributed by atoms with van der Waals surface area (Å²) in [6.45, 7) is 6.35. The van der Waals surface area contributed by atoms with Crippen LogP contribution in [0.3, 0.4) is 0 Å². The van der Waals surface area contributed by atoms with Crippen LogP contribution in [0.5, 0.6) is 0 Å². The van der Waals surface area contributed by atoms with Gasteiger partial charge in [0.1, 0.15) is 0 Å². The summed E-state index contributed by atoms with van der Waals surface area (Å²) in [5.41, 5.74) is 0.868. The number of nitrogens with one attached hydrogen (secondary N) is 1. The van der Waals surface area contributed by atoms with E-state index in [1.54, 1.807) is 0 Å². The molecule has 2 saturated heterocycles. The van der Waals surface area contributed by atoms with E-state index in [9.17, 15) is 14.4 Å². The highest BCUT2D eigenvalue weighted by Crippen LogP contribution is 2.23. The van der Waals surface area contributed by atoms with Gasteiger partial charge in [-0.15, -0.1) is 0 Å². The van der Waals surface area contributed by atoms with E-state index in [0.717, 1.165) is 44.3 Å². The smallest absolute Gasteiger partial charge is 0.320 e. The molecule has 0 aromatic heterocycles. The molecule has 7 nitrogen and oxygen atoms in total. The molecule has 2 aliphatic rings. The number of piperidine rings is 1. The van der Waals surface area contributed by atoms with Gasteiger partial charge in [0.05, 0.1) is 24.5 Å². The first-order valence-electron chi connectivity index (χ1n) is 11.0. The number of carbonyl (C=O) groups excluding carboxylic acids is 3. The summed E-state index contributed by atoms with van der Waals surface area (Å²) in [5, 5.41) is 3.04. The summed E-state index contributed by atoms with van der Waals surface area (Å²) >= 11 is 0. The van der Waals surface area contributed by atoms with E-state index >= 15 is 0 Å². The van der Waals surface area contributed by atoms with Gasteiger partial charge in [-0.3, -0.25) is 9.59 Å². The van der Waals surface area contributed by atoms with Crippen molar-refractivity contribution >= 4 is 17.9 Å². The summed E-state index contributed by atoms with van der Waals surface area (Å²) in [5.74, 6) is -0.716. The van der Waals surface area contributed by atoms with Gasteiger partial charge < -0.3 is 19.9 Å². The first-order valence-corrected chi connectivity index (χ1v) is 11.0. The molecule has 0 unspecified atom stereocenters. The van der Waals surface area contributed by atoms with Crippen molar-refractivity contribution in [3.8, 4) is 0 Å². The Labute approximate surface area is 178 Å². The number of likely N-dealkylation sites (tertiary alicyclic amines) is 2. The fourth-order valence-corrected chi connectivity index (χ4v) is 4.18. The summed E-state index contributed by atoms with van der Waals surface area (Å²) < 4.78 is 5.29. The maximum atomic E-state index is 13.1. The molecular weight excluding hydrogens is 382 g/mol. The zero-order valence-electron chi connectivity index (χ0n) is 18.0. The standard InChI is InChI=1S/C23H33N3O4/c1-17(2)30-21(27)15-20(18-9-4-3-5-10-18)24-22(28)19-11-8-14-26(16-19)23(29)25-12-6-7-13-25/h3-5,9-10,17,19-20H,6-8,11-16H2,1-2H3,(H,24,28)/t19-,20+/m0/s1. The molecule has 1 aromatic rings. The minimum absolute atomic E-state index is 0.0464. The number of hydrogen-bond acceptors (Lipinski definition) is 4. The fourth-order valence-electron chi connectivity index (χ4n) is 4.18. The van der Waals surface area contributed by atoms with Gasteiger partial charge in [0.2, 0.25) is 5.91 Å². The highest BCUT2D eigenvalue weighted by molar-refractivity contribution is 5.82. The Balaban J connectivity index is 1.63. The summed E-state index contributed by atoms with van der Waals surface area (Å²) in [7, 11) is 0. The van der Waals surface area contributed by atoms with E-state index in [1.807, 2.05) is 54.0 Å². The number of ether oxygens (including phenoxy) is 1. The van der Waals surface area contributed by atoms with E-state index in [0.29, 0.717) is 13.1 Å². The van der Waals surface area contributed by atoms with E-state index in [1.165, 1.54) is 0 Å². The van der Waals surface area contributed by atoms with E-state index in [2.05, 4.69) is 5.32 Å². The number of nitrogens with zero attached hydrogens (tertiary/aromatic N) is 2. The third kappa shape index (κ3) is 5.97. The Morgan fingerprint density at radius 3 is 2.37 bits per heavy atom. The molecule has 2 aliphatic heterocycles. The van der Waals surface area contributed by atoms with Crippen molar-refractivity contribution in [3.63, 3.8) is 0 Å². The average Bonchev–Trinajstić information content (AvgIpc) is 3.27. The van der Waals surface area contributed by atoms with Crippen LogP contribution in [0.25, 0.3) is 0 Å². The Hall–Kier alpha value is -2.57. The summed E-state index contributed by atoms with van der Waals surface area (Å²) in [6.07, 6.45) is 3.53. The molecule has 3 amide bonds. The van der Waals surface area contributed by atoms with Crippen LogP contribution in [0.15, 0.2) is 30.3 Å². The second-order valence-corrected chi connectivity index (χ2v) is 8.48. The molecule has 0 radical (unpaired) electrons. The van der Waals surface area contributed by atoms with Crippen LogP contribution in [-0.4, -0.2) is 60.0 Å². The first kappa shape index (κ1) is 22.1. The summed E-state index contributed by atoms with van der Waals surface area (Å²) in [6, 6.07) is 9.07. The SMILES string of the molecule is CC(C)OC(=O)C[C@@H](NC(=O)[C@H]1CCCN(C(=O)N2CCCC2)C1)c1ccccc1. The van der Waals surface area contributed by atoms with Crippen LogP contribution in [0.1, 0.15) is 57.6 Å². The van der Waals surface area contributed by atoms with Crippen LogP contribution in [0, 0.1) is 5.92 Å². The van der Waals surface area contributed by atoms with Crippen molar-refractivity contribution in [1.82, 2.24) is 15.1 Å². The van der Waals surface area contributed by atoms with E-state index in [4.69, 9.17) is 4.74 Å². The lowest BCUT2D eigenvalue weighted by Crippen LogP contribution is -2.50. The van der Waals surface area contributed by atoms with Crippen LogP contribution >= 0.6 is 0 Å². The van der Waals surface area contributed by atoms with Crippen molar-refractivity contribution in [2.45, 2.75) is 58.1 Å². The monoisotopic (exact) mass is 415 g/mol. The second-order valence-electron chi connectivity index (χ2n) is 8.48. The third-order valence-corrected chi connectivity index (χ3v) is 5.70. The third-order valence-electron chi connectivity index (χ3n) is 5.70. The molecule has 0 spiro atoms. The fraction of sp³-hybridized carbons (Fsp3) is 0.609. The second kappa shape index (κ2) is 10.5. The Bertz CT molecular complexity index is 731. The molecule has 3 rings (SSSR count). The maximum Gasteiger partial charge on any atom is 0.320 e. The Morgan fingerprint density at radius 1 is 1.03 bits per heavy atom. The molecule has 1 aromatic carbocycles. The van der Waals surface area contributed by atoms with Crippen LogP contribution in [0.4, 0.5) is 4.79 Å². The molecule has 2 heterocycles. The van der Waals surface area contributed by atoms with Crippen molar-refractivity contribution in [2.75, 3.05) is 26.2 Å². The molecule has 0 bridgehead atoms. The van der Waals surface area contributed by atoms with Crippen molar-refractivity contribution in [1.29, 1.82) is 0 Å². The molecule has 0 saturated carbocycles. The number of rotatable bonds is 6. The number of benzene rings is 1. The van der Waals surface area contributed by atoms with Gasteiger partial charge in [0.15, 0.2) is 0 Å². The number of esters is 1. The average molecular weight is 416 g/mol. The zero-order valence-corrected chi connectivity index (χ0v) is 18.0. The molecule has 2 atom stereocenters. The van der Waals surface area contributed by atoms with Crippen LogP contribution < -0.4 is 5.32 Å². The van der Waals surface area contributed by atoms with E-state index < -0.39 is 6.04 Å². The molecule has 2 fully saturated rings. The topological polar surface area (TPSA) is 79.0 Å². The molecular formula is C23H33N3O4. The quantitative estimate of drug-likeness (QED) is 0.724. The van der Waals surface area contributed by atoms with Crippen molar-refractivity contribution in [2.24, 2.45) is 5.92 Å². The molecule has 7 heteroatoms. The largest absolute Gasteiger partial charge is 0.463 e. The highest BCUT2D eigenvalue weighted by Gasteiger charge is 2.32.